The molecule has 1 saturated carbocycles. The van der Waals surface area contributed by atoms with Crippen molar-refractivity contribution in [3.63, 3.8) is 0 Å². The minimum atomic E-state index is -0.704. The van der Waals surface area contributed by atoms with E-state index >= 15 is 0 Å². The summed E-state index contributed by atoms with van der Waals surface area (Å²) in [5.41, 5.74) is -0.704. The molecule has 2 heterocycles. The van der Waals surface area contributed by atoms with E-state index in [4.69, 9.17) is 0 Å². The van der Waals surface area contributed by atoms with Crippen molar-refractivity contribution in [1.82, 2.24) is 20.0 Å². The molecule has 0 aromatic rings. The van der Waals surface area contributed by atoms with Gasteiger partial charge in [-0.2, -0.15) is 0 Å². The van der Waals surface area contributed by atoms with Gasteiger partial charge in [0.15, 0.2) is 0 Å². The van der Waals surface area contributed by atoms with Crippen LogP contribution in [0.15, 0.2) is 0 Å². The molecular weight excluding hydrogens is 296 g/mol. The average Bonchev–Trinajstić information content (AvgIpc) is 2.72. The Balaban J connectivity index is 1.73. The third kappa shape index (κ3) is 2.60. The maximum absolute atomic E-state index is 12.9. The van der Waals surface area contributed by atoms with Crippen LogP contribution in [0.2, 0.25) is 0 Å². The Morgan fingerprint density at radius 2 is 1.96 bits per heavy atom. The van der Waals surface area contributed by atoms with Gasteiger partial charge >= 0.3 is 6.03 Å². The molecule has 1 spiro atoms. The molecule has 1 aliphatic carbocycles. The molecule has 0 radical (unpaired) electrons. The molecule has 1 atom stereocenters. The fourth-order valence-corrected chi connectivity index (χ4v) is 4.11. The fourth-order valence-electron chi connectivity index (χ4n) is 4.11. The fraction of sp³-hybridized carbons (Fsp3) is 0.812. The highest BCUT2D eigenvalue weighted by molar-refractivity contribution is 6.08. The molecule has 2 aliphatic heterocycles. The normalized spacial score (nSPS) is 27.9. The highest BCUT2D eigenvalue weighted by Crippen LogP contribution is 2.39. The van der Waals surface area contributed by atoms with E-state index in [0.29, 0.717) is 19.4 Å². The standard InChI is InChI=1S/C16H26N4O3/c1-12-10-17-8-9-19(12)13(21)11-20-14(22)16(18(2)15(20)23)6-4-3-5-7-16/h12,17H,3-11H2,1-2H3. The van der Waals surface area contributed by atoms with Gasteiger partial charge in [0.05, 0.1) is 0 Å². The molecule has 3 fully saturated rings. The molecule has 7 nitrogen and oxygen atoms in total. The van der Waals surface area contributed by atoms with Gasteiger partial charge in [-0.15, -0.1) is 0 Å². The molecule has 3 rings (SSSR count). The SMILES string of the molecule is CC1CNCCN1C(=O)CN1C(=O)N(C)C2(CCCCC2)C1=O. The zero-order valence-electron chi connectivity index (χ0n) is 14.0. The second kappa shape index (κ2) is 6.11. The highest BCUT2D eigenvalue weighted by atomic mass is 16.2. The van der Waals surface area contributed by atoms with Crippen LogP contribution in [0.25, 0.3) is 0 Å². The number of nitrogens with one attached hydrogen (secondary N) is 1. The van der Waals surface area contributed by atoms with Gasteiger partial charge in [-0.3, -0.25) is 14.5 Å². The van der Waals surface area contributed by atoms with E-state index in [1.54, 1.807) is 16.8 Å². The lowest BCUT2D eigenvalue weighted by molar-refractivity contribution is -0.141. The van der Waals surface area contributed by atoms with Crippen molar-refractivity contribution in [3.8, 4) is 0 Å². The summed E-state index contributed by atoms with van der Waals surface area (Å²) in [5, 5.41) is 3.23. The topological polar surface area (TPSA) is 73.0 Å². The molecule has 1 N–H and O–H groups in total. The smallest absolute Gasteiger partial charge is 0.327 e. The Morgan fingerprint density at radius 1 is 1.26 bits per heavy atom. The van der Waals surface area contributed by atoms with Gasteiger partial charge in [-0.1, -0.05) is 19.3 Å². The quantitative estimate of drug-likeness (QED) is 0.747. The number of imide groups is 1. The van der Waals surface area contributed by atoms with Crippen LogP contribution in [-0.2, 0) is 9.59 Å². The maximum Gasteiger partial charge on any atom is 0.327 e. The Labute approximate surface area is 137 Å². The number of amides is 4. The number of hydrogen-bond acceptors (Lipinski definition) is 4. The van der Waals surface area contributed by atoms with Gasteiger partial charge in [0.25, 0.3) is 5.91 Å². The Morgan fingerprint density at radius 3 is 2.61 bits per heavy atom. The Hall–Kier alpha value is -1.63. The molecule has 0 aromatic carbocycles. The summed E-state index contributed by atoms with van der Waals surface area (Å²) in [6.45, 7) is 3.97. The summed E-state index contributed by atoms with van der Waals surface area (Å²) in [7, 11) is 1.70. The summed E-state index contributed by atoms with van der Waals surface area (Å²) >= 11 is 0. The average molecular weight is 322 g/mol. The van der Waals surface area contributed by atoms with Gasteiger partial charge < -0.3 is 15.1 Å². The first-order valence-electron chi connectivity index (χ1n) is 8.57. The van der Waals surface area contributed by atoms with Crippen molar-refractivity contribution in [1.29, 1.82) is 0 Å². The van der Waals surface area contributed by atoms with E-state index < -0.39 is 5.54 Å². The maximum atomic E-state index is 12.9. The summed E-state index contributed by atoms with van der Waals surface area (Å²) in [6.07, 6.45) is 4.44. The molecule has 7 heteroatoms. The second-order valence-electron chi connectivity index (χ2n) is 6.97. The number of carbonyl (C=O) groups is 3. The van der Waals surface area contributed by atoms with E-state index in [2.05, 4.69) is 5.32 Å². The van der Waals surface area contributed by atoms with Crippen molar-refractivity contribution in [2.24, 2.45) is 0 Å². The number of urea groups is 1. The predicted octanol–water partition coefficient (Wildman–Crippen LogP) is 0.404. The third-order valence-corrected chi connectivity index (χ3v) is 5.60. The zero-order chi connectivity index (χ0) is 16.6. The van der Waals surface area contributed by atoms with Crippen LogP contribution in [0.3, 0.4) is 0 Å². The number of rotatable bonds is 2. The number of carbonyl (C=O) groups excluding carboxylic acids is 3. The van der Waals surface area contributed by atoms with Crippen LogP contribution >= 0.6 is 0 Å². The highest BCUT2D eigenvalue weighted by Gasteiger charge is 2.56. The van der Waals surface area contributed by atoms with Crippen LogP contribution in [0.5, 0.6) is 0 Å². The zero-order valence-corrected chi connectivity index (χ0v) is 14.0. The van der Waals surface area contributed by atoms with E-state index in [1.165, 1.54) is 4.90 Å². The first-order valence-corrected chi connectivity index (χ1v) is 8.57. The third-order valence-electron chi connectivity index (χ3n) is 5.60. The largest absolute Gasteiger partial charge is 0.336 e. The minimum Gasteiger partial charge on any atom is -0.336 e. The number of piperazine rings is 1. The Bertz CT molecular complexity index is 515. The van der Waals surface area contributed by atoms with E-state index in [9.17, 15) is 14.4 Å². The van der Waals surface area contributed by atoms with Crippen molar-refractivity contribution >= 4 is 17.8 Å². The number of likely N-dealkylation sites (N-methyl/N-ethyl adjacent to an activating group) is 1. The van der Waals surface area contributed by atoms with Gasteiger partial charge in [0, 0.05) is 32.7 Å². The monoisotopic (exact) mass is 322 g/mol. The van der Waals surface area contributed by atoms with E-state index in [-0.39, 0.29) is 30.4 Å². The summed E-state index contributed by atoms with van der Waals surface area (Å²) in [4.78, 5) is 42.5. The lowest BCUT2D eigenvalue weighted by atomic mass is 9.81. The summed E-state index contributed by atoms with van der Waals surface area (Å²) < 4.78 is 0. The van der Waals surface area contributed by atoms with E-state index in [0.717, 1.165) is 32.4 Å². The van der Waals surface area contributed by atoms with Crippen LogP contribution < -0.4 is 5.32 Å². The van der Waals surface area contributed by atoms with Crippen LogP contribution in [0.1, 0.15) is 39.0 Å². The molecule has 4 amide bonds. The van der Waals surface area contributed by atoms with Gasteiger partial charge in [0.2, 0.25) is 5.91 Å². The number of hydrogen-bond donors (Lipinski definition) is 1. The second-order valence-corrected chi connectivity index (χ2v) is 6.97. The molecular formula is C16H26N4O3. The Kier molecular flexibility index (Phi) is 4.31. The first kappa shape index (κ1) is 16.2. The van der Waals surface area contributed by atoms with Crippen LogP contribution in [0, 0.1) is 0 Å². The van der Waals surface area contributed by atoms with E-state index in [1.807, 2.05) is 6.92 Å². The van der Waals surface area contributed by atoms with Gasteiger partial charge in [-0.05, 0) is 19.8 Å². The van der Waals surface area contributed by atoms with Crippen molar-refractivity contribution in [3.05, 3.63) is 0 Å². The molecule has 1 unspecified atom stereocenters. The van der Waals surface area contributed by atoms with Gasteiger partial charge in [-0.25, -0.2) is 4.79 Å². The molecule has 0 bridgehead atoms. The van der Waals surface area contributed by atoms with Crippen molar-refractivity contribution in [2.75, 3.05) is 33.2 Å². The molecule has 3 aliphatic rings. The molecule has 23 heavy (non-hydrogen) atoms. The van der Waals surface area contributed by atoms with Crippen LogP contribution in [0.4, 0.5) is 4.79 Å². The van der Waals surface area contributed by atoms with Crippen molar-refractivity contribution in [2.45, 2.75) is 50.6 Å². The molecule has 0 aromatic heterocycles. The number of nitrogens with zero attached hydrogens (tertiary/aromatic N) is 3. The lowest BCUT2D eigenvalue weighted by Crippen LogP contribution is -2.55. The summed E-state index contributed by atoms with van der Waals surface area (Å²) in [6, 6.07) is -0.238. The van der Waals surface area contributed by atoms with Crippen molar-refractivity contribution < 1.29 is 14.4 Å². The summed E-state index contributed by atoms with van der Waals surface area (Å²) in [5.74, 6) is -0.317. The predicted molar refractivity (Wildman–Crippen MR) is 84.7 cm³/mol. The van der Waals surface area contributed by atoms with Gasteiger partial charge in [0.1, 0.15) is 12.1 Å². The minimum absolute atomic E-state index is 0.0884. The first-order chi connectivity index (χ1) is 11.0. The molecule has 128 valence electrons. The van der Waals surface area contributed by atoms with Crippen LogP contribution in [-0.4, -0.2) is 77.4 Å². The lowest BCUT2D eigenvalue weighted by Gasteiger charge is -2.36. The molecule has 2 saturated heterocycles.